The van der Waals surface area contributed by atoms with Gasteiger partial charge in [-0.2, -0.15) is 0 Å². The molecule has 0 saturated carbocycles. The van der Waals surface area contributed by atoms with Crippen LogP contribution in [0.5, 0.6) is 17.2 Å². The lowest BCUT2D eigenvalue weighted by Gasteiger charge is -2.26. The van der Waals surface area contributed by atoms with Gasteiger partial charge >= 0.3 is 0 Å². The van der Waals surface area contributed by atoms with E-state index in [1.54, 1.807) is 0 Å². The van der Waals surface area contributed by atoms with E-state index in [4.69, 9.17) is 20.6 Å². The van der Waals surface area contributed by atoms with Gasteiger partial charge in [-0.25, -0.2) is 0 Å². The normalized spacial score (nSPS) is 15.7. The molecule has 0 unspecified atom stereocenters. The van der Waals surface area contributed by atoms with Crippen molar-refractivity contribution < 1.29 is 14.2 Å². The van der Waals surface area contributed by atoms with Gasteiger partial charge in [0.25, 0.3) is 0 Å². The number of hydrogen-bond donors (Lipinski definition) is 1. The number of terminal acetylenes is 1. The van der Waals surface area contributed by atoms with E-state index in [2.05, 4.69) is 11.2 Å². The molecule has 0 spiro atoms. The van der Waals surface area contributed by atoms with Crippen LogP contribution in [-0.2, 0) is 6.54 Å². The number of nitrogens with one attached hydrogen (secondary N) is 1. The number of fused-ring (bicyclic) bond motifs is 1. The zero-order chi connectivity index (χ0) is 15.9. The minimum Gasteiger partial charge on any atom is -0.486 e. The fourth-order valence-corrected chi connectivity index (χ4v) is 2.44. The molecule has 1 N–H and O–H groups in total. The summed E-state index contributed by atoms with van der Waals surface area (Å²) >= 11 is 0. The van der Waals surface area contributed by atoms with Gasteiger partial charge in [0.1, 0.15) is 25.1 Å². The van der Waals surface area contributed by atoms with Gasteiger partial charge in [-0.3, -0.25) is 0 Å². The fourth-order valence-electron chi connectivity index (χ4n) is 2.44. The minimum absolute atomic E-state index is 0.0105. The lowest BCUT2D eigenvalue weighted by Crippen LogP contribution is -2.38. The van der Waals surface area contributed by atoms with Gasteiger partial charge in [0, 0.05) is 18.7 Å². The summed E-state index contributed by atoms with van der Waals surface area (Å²) in [6.45, 7) is 2.19. The van der Waals surface area contributed by atoms with E-state index in [0.29, 0.717) is 19.7 Å². The molecular weight excluding hydrogens is 290 g/mol. The fraction of sp³-hybridized carbons (Fsp3) is 0.263. The van der Waals surface area contributed by atoms with Crippen molar-refractivity contribution in [3.8, 4) is 29.6 Å². The number of benzene rings is 2. The Morgan fingerprint density at radius 3 is 2.78 bits per heavy atom. The summed E-state index contributed by atoms with van der Waals surface area (Å²) in [6, 6.07) is 15.6. The Morgan fingerprint density at radius 1 is 1.13 bits per heavy atom. The predicted octanol–water partition coefficient (Wildman–Crippen LogP) is 2.63. The second-order valence-corrected chi connectivity index (χ2v) is 5.23. The van der Waals surface area contributed by atoms with Crippen LogP contribution < -0.4 is 19.5 Å². The molecule has 0 bridgehead atoms. The molecule has 0 aliphatic carbocycles. The van der Waals surface area contributed by atoms with Crippen LogP contribution in [0.3, 0.4) is 0 Å². The third-order valence-electron chi connectivity index (χ3n) is 3.54. The van der Waals surface area contributed by atoms with E-state index in [0.717, 1.165) is 22.8 Å². The second kappa shape index (κ2) is 7.57. The molecule has 2 aromatic carbocycles. The number of para-hydroxylation sites is 3. The molecule has 0 saturated heterocycles. The van der Waals surface area contributed by atoms with Gasteiger partial charge < -0.3 is 19.5 Å². The van der Waals surface area contributed by atoms with Crippen molar-refractivity contribution >= 4 is 0 Å². The molecule has 4 nitrogen and oxygen atoms in total. The predicted molar refractivity (Wildman–Crippen MR) is 88.8 cm³/mol. The van der Waals surface area contributed by atoms with Gasteiger partial charge in [0.05, 0.1) is 0 Å². The highest BCUT2D eigenvalue weighted by atomic mass is 16.6. The van der Waals surface area contributed by atoms with Crippen molar-refractivity contribution in [3.05, 3.63) is 54.1 Å². The van der Waals surface area contributed by atoms with Gasteiger partial charge in [-0.15, -0.1) is 6.42 Å². The van der Waals surface area contributed by atoms with Gasteiger partial charge in [0.15, 0.2) is 11.5 Å². The molecule has 1 aliphatic rings. The van der Waals surface area contributed by atoms with Crippen LogP contribution in [-0.4, -0.2) is 25.9 Å². The molecule has 23 heavy (non-hydrogen) atoms. The summed E-state index contributed by atoms with van der Waals surface area (Å²) in [6.07, 6.45) is 5.23. The highest BCUT2D eigenvalue weighted by molar-refractivity contribution is 5.40. The first-order valence-electron chi connectivity index (χ1n) is 7.60. The van der Waals surface area contributed by atoms with Crippen LogP contribution in [0.2, 0.25) is 0 Å². The first-order valence-corrected chi connectivity index (χ1v) is 7.60. The third kappa shape index (κ3) is 3.97. The van der Waals surface area contributed by atoms with Crippen molar-refractivity contribution in [2.24, 2.45) is 0 Å². The topological polar surface area (TPSA) is 39.7 Å². The molecule has 1 aliphatic heterocycles. The summed E-state index contributed by atoms with van der Waals surface area (Å²) < 4.78 is 17.2. The van der Waals surface area contributed by atoms with E-state index in [1.807, 2.05) is 48.5 Å². The van der Waals surface area contributed by atoms with Crippen LogP contribution in [0.1, 0.15) is 5.56 Å². The smallest absolute Gasteiger partial charge is 0.161 e. The summed E-state index contributed by atoms with van der Waals surface area (Å²) in [7, 11) is 0. The first-order chi connectivity index (χ1) is 11.4. The first kappa shape index (κ1) is 15.3. The molecule has 0 amide bonds. The number of ether oxygens (including phenoxy) is 3. The lowest BCUT2D eigenvalue weighted by atomic mass is 10.2. The average molecular weight is 309 g/mol. The Kier molecular flexibility index (Phi) is 5.02. The maximum absolute atomic E-state index is 5.92. The molecule has 118 valence electrons. The second-order valence-electron chi connectivity index (χ2n) is 5.23. The van der Waals surface area contributed by atoms with Gasteiger partial charge in [-0.05, 0) is 18.2 Å². The summed E-state index contributed by atoms with van der Waals surface area (Å²) in [5, 5.41) is 3.38. The SMILES string of the molecule is C#CCOc1ccccc1CNC[C@@H]1COc2ccccc2O1. The molecule has 2 aromatic rings. The van der Waals surface area contributed by atoms with Gasteiger partial charge in [0.2, 0.25) is 0 Å². The zero-order valence-corrected chi connectivity index (χ0v) is 12.8. The Hall–Kier alpha value is -2.64. The summed E-state index contributed by atoms with van der Waals surface area (Å²) in [4.78, 5) is 0. The molecule has 0 radical (unpaired) electrons. The van der Waals surface area contributed by atoms with Gasteiger partial charge in [-0.1, -0.05) is 36.3 Å². The molecule has 1 atom stereocenters. The Bertz CT molecular complexity index is 693. The summed E-state index contributed by atoms with van der Waals surface area (Å²) in [5.74, 6) is 4.89. The maximum Gasteiger partial charge on any atom is 0.161 e. The monoisotopic (exact) mass is 309 g/mol. The van der Waals surface area contributed by atoms with Crippen LogP contribution in [0, 0.1) is 12.3 Å². The van der Waals surface area contributed by atoms with Crippen LogP contribution in [0.25, 0.3) is 0 Å². The zero-order valence-electron chi connectivity index (χ0n) is 12.8. The molecule has 1 heterocycles. The molecule has 4 heteroatoms. The van der Waals surface area contributed by atoms with Crippen molar-refractivity contribution in [2.75, 3.05) is 19.8 Å². The Labute approximate surface area is 136 Å². The maximum atomic E-state index is 5.92. The van der Waals surface area contributed by atoms with Crippen LogP contribution in [0.4, 0.5) is 0 Å². The standard InChI is InChI=1S/C19H19NO3/c1-2-11-21-17-8-4-3-7-15(17)12-20-13-16-14-22-18-9-5-6-10-19(18)23-16/h1,3-10,16,20H,11-14H2/t16-/m1/s1. The van der Waals surface area contributed by atoms with Crippen molar-refractivity contribution in [2.45, 2.75) is 12.6 Å². The summed E-state index contributed by atoms with van der Waals surface area (Å²) in [5.41, 5.74) is 1.07. The Balaban J connectivity index is 1.52. The highest BCUT2D eigenvalue weighted by Gasteiger charge is 2.20. The molecule has 3 rings (SSSR count). The molecular formula is C19H19NO3. The quantitative estimate of drug-likeness (QED) is 0.833. The van der Waals surface area contributed by atoms with E-state index in [-0.39, 0.29) is 12.7 Å². The molecule has 0 fully saturated rings. The number of hydrogen-bond acceptors (Lipinski definition) is 4. The molecule has 0 aromatic heterocycles. The highest BCUT2D eigenvalue weighted by Crippen LogP contribution is 2.30. The van der Waals surface area contributed by atoms with E-state index in [1.165, 1.54) is 0 Å². The average Bonchev–Trinajstić information content (AvgIpc) is 2.61. The third-order valence-corrected chi connectivity index (χ3v) is 3.54. The minimum atomic E-state index is -0.0105. The van der Waals surface area contributed by atoms with E-state index in [9.17, 15) is 0 Å². The Morgan fingerprint density at radius 2 is 1.91 bits per heavy atom. The number of rotatable bonds is 6. The van der Waals surface area contributed by atoms with Crippen molar-refractivity contribution in [1.82, 2.24) is 5.32 Å². The van der Waals surface area contributed by atoms with Crippen LogP contribution >= 0.6 is 0 Å². The largest absolute Gasteiger partial charge is 0.486 e. The van der Waals surface area contributed by atoms with E-state index >= 15 is 0 Å². The lowest BCUT2D eigenvalue weighted by molar-refractivity contribution is 0.0902. The van der Waals surface area contributed by atoms with E-state index < -0.39 is 0 Å². The van der Waals surface area contributed by atoms with Crippen molar-refractivity contribution in [3.63, 3.8) is 0 Å². The van der Waals surface area contributed by atoms with Crippen LogP contribution in [0.15, 0.2) is 48.5 Å². The van der Waals surface area contributed by atoms with Crippen molar-refractivity contribution in [1.29, 1.82) is 0 Å².